The fourth-order valence-corrected chi connectivity index (χ4v) is 4.39. The Hall–Kier alpha value is -1.60. The summed E-state index contributed by atoms with van der Waals surface area (Å²) in [4.78, 5) is 14.6. The molecule has 1 aliphatic rings. The van der Waals surface area contributed by atoms with Crippen LogP contribution in [0.5, 0.6) is 5.75 Å². The van der Waals surface area contributed by atoms with E-state index >= 15 is 0 Å². The number of para-hydroxylation sites is 1. The first-order chi connectivity index (χ1) is 11.8. The quantitative estimate of drug-likeness (QED) is 0.773. The Morgan fingerprint density at radius 3 is 2.48 bits per heavy atom. The number of benzene rings is 1. The number of rotatable bonds is 6. The van der Waals surface area contributed by atoms with Gasteiger partial charge in [-0.05, 0) is 32.8 Å². The van der Waals surface area contributed by atoms with Crippen molar-refractivity contribution in [3.8, 4) is 5.75 Å². The monoisotopic (exact) mass is 368 g/mol. The van der Waals surface area contributed by atoms with Crippen LogP contribution in [0.4, 0.5) is 0 Å². The standard InChI is InChI=1S/C18H28N2O4S/c1-5-25(22,23)20-12-10-15(11-13-20)18(21)19(3)14(2)16-8-6-7-9-17(16)24-4/h6-9,14-15H,5,10-13H2,1-4H3. The highest BCUT2D eigenvalue weighted by Crippen LogP contribution is 2.30. The van der Waals surface area contributed by atoms with Gasteiger partial charge in [-0.3, -0.25) is 4.79 Å². The molecule has 2 rings (SSSR count). The SMILES string of the molecule is CCS(=O)(=O)N1CCC(C(=O)N(C)C(C)c2ccccc2OC)CC1. The van der Waals surface area contributed by atoms with Crippen LogP contribution in [0.25, 0.3) is 0 Å². The average molecular weight is 368 g/mol. The van der Waals surface area contributed by atoms with Gasteiger partial charge >= 0.3 is 0 Å². The molecule has 0 spiro atoms. The zero-order valence-electron chi connectivity index (χ0n) is 15.4. The largest absolute Gasteiger partial charge is 0.496 e. The molecule has 0 radical (unpaired) electrons. The van der Waals surface area contributed by atoms with Crippen LogP contribution in [0.15, 0.2) is 24.3 Å². The van der Waals surface area contributed by atoms with Gasteiger partial charge in [0.25, 0.3) is 0 Å². The topological polar surface area (TPSA) is 66.9 Å². The zero-order chi connectivity index (χ0) is 18.6. The van der Waals surface area contributed by atoms with E-state index in [1.165, 1.54) is 4.31 Å². The summed E-state index contributed by atoms with van der Waals surface area (Å²) in [5, 5.41) is 0. The lowest BCUT2D eigenvalue weighted by atomic mass is 9.95. The van der Waals surface area contributed by atoms with Crippen molar-refractivity contribution in [1.82, 2.24) is 9.21 Å². The Balaban J connectivity index is 2.03. The number of carbonyl (C=O) groups is 1. The third-order valence-corrected chi connectivity index (χ3v) is 6.96. The van der Waals surface area contributed by atoms with Gasteiger partial charge in [-0.15, -0.1) is 0 Å². The van der Waals surface area contributed by atoms with Crippen LogP contribution < -0.4 is 4.74 Å². The molecule has 1 aromatic rings. The molecule has 140 valence electrons. The van der Waals surface area contributed by atoms with Crippen LogP contribution in [0.2, 0.25) is 0 Å². The number of ether oxygens (including phenoxy) is 1. The van der Waals surface area contributed by atoms with E-state index in [2.05, 4.69) is 0 Å². The van der Waals surface area contributed by atoms with Gasteiger partial charge in [-0.25, -0.2) is 12.7 Å². The molecule has 0 aliphatic carbocycles. The van der Waals surface area contributed by atoms with Crippen molar-refractivity contribution in [2.75, 3.05) is 33.0 Å². The third-order valence-electron chi connectivity index (χ3n) is 5.08. The summed E-state index contributed by atoms with van der Waals surface area (Å²) < 4.78 is 30.8. The first-order valence-electron chi connectivity index (χ1n) is 8.69. The van der Waals surface area contributed by atoms with Crippen LogP contribution in [-0.2, 0) is 14.8 Å². The molecule has 1 amide bonds. The molecule has 1 aliphatic heterocycles. The average Bonchev–Trinajstić information content (AvgIpc) is 2.66. The van der Waals surface area contributed by atoms with E-state index in [4.69, 9.17) is 4.74 Å². The molecular weight excluding hydrogens is 340 g/mol. The van der Waals surface area contributed by atoms with Crippen LogP contribution in [0, 0.1) is 5.92 Å². The second-order valence-electron chi connectivity index (χ2n) is 6.44. The Morgan fingerprint density at radius 2 is 1.92 bits per heavy atom. The molecular formula is C18H28N2O4S. The summed E-state index contributed by atoms with van der Waals surface area (Å²) in [5.41, 5.74) is 0.965. The number of hydrogen-bond donors (Lipinski definition) is 0. The second-order valence-corrected chi connectivity index (χ2v) is 8.70. The number of sulfonamides is 1. The molecule has 1 atom stereocenters. The first kappa shape index (κ1) is 19.7. The summed E-state index contributed by atoms with van der Waals surface area (Å²) in [6.07, 6.45) is 1.14. The van der Waals surface area contributed by atoms with Gasteiger partial charge in [0.05, 0.1) is 18.9 Å². The fraction of sp³-hybridized carbons (Fsp3) is 0.611. The molecule has 1 aromatic carbocycles. The minimum atomic E-state index is -3.17. The molecule has 0 bridgehead atoms. The van der Waals surface area contributed by atoms with Crippen LogP contribution >= 0.6 is 0 Å². The van der Waals surface area contributed by atoms with E-state index < -0.39 is 10.0 Å². The lowest BCUT2D eigenvalue weighted by Crippen LogP contribution is -2.44. The van der Waals surface area contributed by atoms with Gasteiger partial charge < -0.3 is 9.64 Å². The molecule has 6 nitrogen and oxygen atoms in total. The lowest BCUT2D eigenvalue weighted by Gasteiger charge is -2.34. The molecule has 0 aromatic heterocycles. The van der Waals surface area contributed by atoms with Crippen molar-refractivity contribution in [3.63, 3.8) is 0 Å². The Kier molecular flexibility index (Phi) is 6.46. The number of nitrogens with zero attached hydrogens (tertiary/aromatic N) is 2. The van der Waals surface area contributed by atoms with Crippen LogP contribution in [0.1, 0.15) is 38.3 Å². The maximum atomic E-state index is 12.9. The summed E-state index contributed by atoms with van der Waals surface area (Å²) in [6.45, 7) is 4.47. The maximum Gasteiger partial charge on any atom is 0.226 e. The molecule has 1 fully saturated rings. The molecule has 1 saturated heterocycles. The van der Waals surface area contributed by atoms with E-state index in [0.717, 1.165) is 11.3 Å². The summed E-state index contributed by atoms with van der Waals surface area (Å²) in [7, 11) is 0.255. The fourth-order valence-electron chi connectivity index (χ4n) is 3.26. The van der Waals surface area contributed by atoms with Gasteiger partial charge in [0, 0.05) is 31.6 Å². The minimum Gasteiger partial charge on any atom is -0.496 e. The van der Waals surface area contributed by atoms with E-state index in [-0.39, 0.29) is 23.6 Å². The van der Waals surface area contributed by atoms with E-state index in [1.807, 2.05) is 31.2 Å². The van der Waals surface area contributed by atoms with Crippen molar-refractivity contribution in [3.05, 3.63) is 29.8 Å². The number of methoxy groups -OCH3 is 1. The molecule has 0 N–H and O–H groups in total. The molecule has 7 heteroatoms. The summed E-state index contributed by atoms with van der Waals surface area (Å²) in [6, 6.07) is 7.57. The smallest absolute Gasteiger partial charge is 0.226 e. The summed E-state index contributed by atoms with van der Waals surface area (Å²) >= 11 is 0. The normalized spacial score (nSPS) is 17.9. The van der Waals surface area contributed by atoms with Crippen LogP contribution in [-0.4, -0.2) is 56.5 Å². The van der Waals surface area contributed by atoms with Crippen molar-refractivity contribution in [1.29, 1.82) is 0 Å². The number of carbonyl (C=O) groups excluding carboxylic acids is 1. The van der Waals surface area contributed by atoms with Gasteiger partial charge in [0.2, 0.25) is 15.9 Å². The number of amides is 1. The van der Waals surface area contributed by atoms with Gasteiger partial charge in [0.1, 0.15) is 5.75 Å². The van der Waals surface area contributed by atoms with Gasteiger partial charge in [-0.1, -0.05) is 18.2 Å². The third kappa shape index (κ3) is 4.33. The molecule has 25 heavy (non-hydrogen) atoms. The van der Waals surface area contributed by atoms with Crippen LogP contribution in [0.3, 0.4) is 0 Å². The maximum absolute atomic E-state index is 12.9. The van der Waals surface area contributed by atoms with E-state index in [9.17, 15) is 13.2 Å². The molecule has 1 heterocycles. The first-order valence-corrected chi connectivity index (χ1v) is 10.3. The van der Waals surface area contributed by atoms with Gasteiger partial charge in [-0.2, -0.15) is 0 Å². The van der Waals surface area contributed by atoms with Crippen molar-refractivity contribution in [2.45, 2.75) is 32.7 Å². The lowest BCUT2D eigenvalue weighted by molar-refractivity contribution is -0.137. The Morgan fingerprint density at radius 1 is 1.32 bits per heavy atom. The predicted octanol–water partition coefficient (Wildman–Crippen LogP) is 2.28. The summed E-state index contributed by atoms with van der Waals surface area (Å²) in [5.74, 6) is 0.798. The zero-order valence-corrected chi connectivity index (χ0v) is 16.3. The van der Waals surface area contributed by atoms with E-state index in [1.54, 1.807) is 26.0 Å². The minimum absolute atomic E-state index is 0.0620. The second kappa shape index (κ2) is 8.19. The molecule has 0 saturated carbocycles. The predicted molar refractivity (Wildman–Crippen MR) is 97.9 cm³/mol. The van der Waals surface area contributed by atoms with E-state index in [0.29, 0.717) is 25.9 Å². The number of piperidine rings is 1. The van der Waals surface area contributed by atoms with Gasteiger partial charge in [0.15, 0.2) is 0 Å². The van der Waals surface area contributed by atoms with Crippen molar-refractivity contribution in [2.24, 2.45) is 5.92 Å². The highest BCUT2D eigenvalue weighted by molar-refractivity contribution is 7.89. The highest BCUT2D eigenvalue weighted by Gasteiger charge is 2.33. The Labute approximate surface area is 150 Å². The number of hydrogen-bond acceptors (Lipinski definition) is 4. The highest BCUT2D eigenvalue weighted by atomic mass is 32.2. The molecule has 1 unspecified atom stereocenters. The Bertz CT molecular complexity index is 697. The van der Waals surface area contributed by atoms with Crippen molar-refractivity contribution >= 4 is 15.9 Å². The van der Waals surface area contributed by atoms with Crippen molar-refractivity contribution < 1.29 is 17.9 Å².